The molecule has 0 aliphatic rings. The molecule has 0 saturated heterocycles. The highest BCUT2D eigenvalue weighted by molar-refractivity contribution is 7.13. The molecule has 1 heterocycles. The summed E-state index contributed by atoms with van der Waals surface area (Å²) in [6, 6.07) is 1.71. The molecule has 0 aromatic carbocycles. The largest absolute Gasteiger partial charge is 0.453 e. The third-order valence-corrected chi connectivity index (χ3v) is 3.74. The van der Waals surface area contributed by atoms with E-state index in [-0.39, 0.29) is 11.4 Å². The van der Waals surface area contributed by atoms with Crippen molar-refractivity contribution in [1.82, 2.24) is 4.98 Å². The van der Waals surface area contributed by atoms with Crippen molar-refractivity contribution in [2.75, 3.05) is 18.5 Å². The molecule has 0 unspecified atom stereocenters. The smallest absolute Gasteiger partial charge is 0.358 e. The van der Waals surface area contributed by atoms with Crippen molar-refractivity contribution in [3.63, 3.8) is 0 Å². The fraction of sp³-hybridized carbons (Fsp3) is 0.533. The van der Waals surface area contributed by atoms with Gasteiger partial charge in [-0.25, -0.2) is 9.78 Å². The Morgan fingerprint density at radius 2 is 2.22 bits per heavy atom. The average molecular weight is 336 g/mol. The van der Waals surface area contributed by atoms with Gasteiger partial charge in [-0.3, -0.25) is 4.79 Å². The summed E-state index contributed by atoms with van der Waals surface area (Å²) in [6.45, 7) is 5.83. The Hall–Kier alpha value is -2.27. The molecule has 0 spiro atoms. The summed E-state index contributed by atoms with van der Waals surface area (Å²) < 4.78 is 4.86. The lowest BCUT2D eigenvalue weighted by atomic mass is 10.0. The monoisotopic (exact) mass is 336 g/mol. The molecule has 1 aromatic rings. The van der Waals surface area contributed by atoms with E-state index in [4.69, 9.17) is 15.4 Å². The fourth-order valence-electron chi connectivity index (χ4n) is 1.62. The SMILES string of the molecule is CC(=N)[C@@H](C#N)C(=O)COC(=O)c1csc(NCCC(C)C)n1. The first-order valence-corrected chi connectivity index (χ1v) is 8.07. The van der Waals surface area contributed by atoms with Gasteiger partial charge >= 0.3 is 5.97 Å². The Bertz CT molecular complexity index is 618. The number of anilines is 1. The molecule has 0 saturated carbocycles. The van der Waals surface area contributed by atoms with Gasteiger partial charge < -0.3 is 15.5 Å². The first-order chi connectivity index (χ1) is 10.8. The number of nitriles is 1. The number of ketones is 1. The summed E-state index contributed by atoms with van der Waals surface area (Å²) >= 11 is 1.29. The number of hydrogen-bond donors (Lipinski definition) is 2. The Balaban J connectivity index is 2.50. The van der Waals surface area contributed by atoms with Crippen LogP contribution in [0.2, 0.25) is 0 Å². The third-order valence-electron chi connectivity index (χ3n) is 2.94. The zero-order chi connectivity index (χ0) is 17.4. The molecular weight excluding hydrogens is 316 g/mol. The number of aromatic nitrogens is 1. The van der Waals surface area contributed by atoms with Gasteiger partial charge in [-0.05, 0) is 19.3 Å². The molecule has 0 aliphatic carbocycles. The van der Waals surface area contributed by atoms with Crippen LogP contribution in [0.15, 0.2) is 5.38 Å². The zero-order valence-electron chi connectivity index (χ0n) is 13.4. The predicted octanol–water partition coefficient (Wildman–Crippen LogP) is 2.51. The first-order valence-electron chi connectivity index (χ1n) is 7.19. The molecule has 1 atom stereocenters. The number of carbonyl (C=O) groups is 2. The van der Waals surface area contributed by atoms with Crippen LogP contribution in [0.3, 0.4) is 0 Å². The number of carbonyl (C=O) groups excluding carboxylic acids is 2. The summed E-state index contributed by atoms with van der Waals surface area (Å²) in [5.41, 5.74) is 0.0498. The molecular formula is C15H20N4O3S. The van der Waals surface area contributed by atoms with Gasteiger partial charge in [0.2, 0.25) is 0 Å². The highest BCUT2D eigenvalue weighted by atomic mass is 32.1. The van der Waals surface area contributed by atoms with Crippen LogP contribution in [0.1, 0.15) is 37.7 Å². The van der Waals surface area contributed by atoms with Crippen LogP contribution < -0.4 is 5.32 Å². The molecule has 124 valence electrons. The number of ether oxygens (including phenoxy) is 1. The Morgan fingerprint density at radius 3 is 2.78 bits per heavy atom. The van der Waals surface area contributed by atoms with Gasteiger partial charge in [0.25, 0.3) is 0 Å². The lowest BCUT2D eigenvalue weighted by Gasteiger charge is -2.06. The van der Waals surface area contributed by atoms with Crippen LogP contribution in [0, 0.1) is 28.6 Å². The van der Waals surface area contributed by atoms with Crippen molar-refractivity contribution in [3.05, 3.63) is 11.1 Å². The Labute approximate surface area is 139 Å². The van der Waals surface area contributed by atoms with Gasteiger partial charge in [0.1, 0.15) is 5.92 Å². The number of thiazole rings is 1. The van der Waals surface area contributed by atoms with Crippen LogP contribution in [0.4, 0.5) is 5.13 Å². The molecule has 2 N–H and O–H groups in total. The van der Waals surface area contributed by atoms with Crippen molar-refractivity contribution in [2.24, 2.45) is 11.8 Å². The van der Waals surface area contributed by atoms with E-state index in [2.05, 4.69) is 24.1 Å². The number of esters is 1. The van der Waals surface area contributed by atoms with Crippen molar-refractivity contribution in [3.8, 4) is 6.07 Å². The maximum Gasteiger partial charge on any atom is 0.358 e. The third kappa shape index (κ3) is 6.16. The first kappa shape index (κ1) is 18.8. The summed E-state index contributed by atoms with van der Waals surface area (Å²) in [6.07, 6.45) is 0.992. The van der Waals surface area contributed by atoms with Crippen molar-refractivity contribution < 1.29 is 14.3 Å². The van der Waals surface area contributed by atoms with Crippen molar-refractivity contribution in [2.45, 2.75) is 27.2 Å². The second-order valence-electron chi connectivity index (χ2n) is 5.43. The van der Waals surface area contributed by atoms with E-state index in [0.717, 1.165) is 13.0 Å². The van der Waals surface area contributed by atoms with E-state index in [1.165, 1.54) is 18.3 Å². The second-order valence-corrected chi connectivity index (χ2v) is 6.29. The van der Waals surface area contributed by atoms with Gasteiger partial charge in [-0.1, -0.05) is 13.8 Å². The zero-order valence-corrected chi connectivity index (χ0v) is 14.2. The van der Waals surface area contributed by atoms with Crippen LogP contribution >= 0.6 is 11.3 Å². The van der Waals surface area contributed by atoms with E-state index >= 15 is 0 Å². The summed E-state index contributed by atoms with van der Waals surface area (Å²) in [5, 5.41) is 21.4. The van der Waals surface area contributed by atoms with Crippen LogP contribution in [-0.2, 0) is 9.53 Å². The van der Waals surface area contributed by atoms with Crippen LogP contribution in [0.5, 0.6) is 0 Å². The summed E-state index contributed by atoms with van der Waals surface area (Å²) in [4.78, 5) is 27.6. The van der Waals surface area contributed by atoms with Crippen LogP contribution in [-0.4, -0.2) is 35.6 Å². The number of rotatable bonds is 9. The van der Waals surface area contributed by atoms with E-state index in [1.807, 2.05) is 0 Å². The quantitative estimate of drug-likeness (QED) is 0.529. The molecule has 0 bridgehead atoms. The molecule has 23 heavy (non-hydrogen) atoms. The number of nitrogens with one attached hydrogen (secondary N) is 2. The number of hydrogen-bond acceptors (Lipinski definition) is 8. The standard InChI is InChI=1S/C15H20N4O3S/c1-9(2)4-5-18-15-19-12(8-23-15)14(21)22-7-13(20)11(6-16)10(3)17/h8-9,11,17H,4-5,7H2,1-3H3,(H,18,19)/t11-/m1/s1. The normalized spacial score (nSPS) is 11.6. The summed E-state index contributed by atoms with van der Waals surface area (Å²) in [5.74, 6) is -1.93. The average Bonchev–Trinajstić information content (AvgIpc) is 2.93. The maximum absolute atomic E-state index is 11.8. The van der Waals surface area contributed by atoms with Gasteiger partial charge in [0, 0.05) is 17.6 Å². The van der Waals surface area contributed by atoms with E-state index in [1.54, 1.807) is 11.4 Å². The molecule has 7 nitrogen and oxygen atoms in total. The molecule has 0 radical (unpaired) electrons. The predicted molar refractivity (Wildman–Crippen MR) is 87.9 cm³/mol. The molecule has 0 aliphatic heterocycles. The molecule has 1 rings (SSSR count). The van der Waals surface area contributed by atoms with E-state index in [0.29, 0.717) is 11.0 Å². The Kier molecular flexibility index (Phi) is 7.35. The van der Waals surface area contributed by atoms with Crippen LogP contribution in [0.25, 0.3) is 0 Å². The highest BCUT2D eigenvalue weighted by Crippen LogP contribution is 2.16. The lowest BCUT2D eigenvalue weighted by Crippen LogP contribution is -2.25. The van der Waals surface area contributed by atoms with Gasteiger partial charge in [-0.2, -0.15) is 5.26 Å². The maximum atomic E-state index is 11.8. The molecule has 8 heteroatoms. The Morgan fingerprint density at radius 1 is 1.52 bits per heavy atom. The van der Waals surface area contributed by atoms with Gasteiger partial charge in [-0.15, -0.1) is 11.3 Å². The van der Waals surface area contributed by atoms with Gasteiger partial charge in [0.05, 0.1) is 6.07 Å². The fourth-order valence-corrected chi connectivity index (χ4v) is 2.33. The van der Waals surface area contributed by atoms with Gasteiger partial charge in [0.15, 0.2) is 23.2 Å². The van der Waals surface area contributed by atoms with E-state index < -0.39 is 24.3 Å². The van der Waals surface area contributed by atoms with E-state index in [9.17, 15) is 9.59 Å². The highest BCUT2D eigenvalue weighted by Gasteiger charge is 2.22. The van der Waals surface area contributed by atoms with Crippen molar-refractivity contribution in [1.29, 1.82) is 10.7 Å². The second kappa shape index (κ2) is 9.00. The lowest BCUT2D eigenvalue weighted by molar-refractivity contribution is -0.122. The molecule has 0 amide bonds. The summed E-state index contributed by atoms with van der Waals surface area (Å²) in [7, 11) is 0. The number of nitrogens with zero attached hydrogens (tertiary/aromatic N) is 2. The molecule has 0 fully saturated rings. The minimum atomic E-state index is -1.17. The topological polar surface area (TPSA) is 116 Å². The molecule has 1 aromatic heterocycles. The minimum absolute atomic E-state index is 0.0705. The minimum Gasteiger partial charge on any atom is -0.453 e. The van der Waals surface area contributed by atoms with Crippen molar-refractivity contribution >= 4 is 33.9 Å². The number of Topliss-reactive ketones (excluding diaryl/α,β-unsaturated/α-hetero) is 1.